The third-order valence-electron chi connectivity index (χ3n) is 2.19. The Balaban J connectivity index is 2.34. The van der Waals surface area contributed by atoms with Crippen molar-refractivity contribution in [2.75, 3.05) is 6.54 Å². The first-order chi connectivity index (χ1) is 5.36. The van der Waals surface area contributed by atoms with Crippen molar-refractivity contribution >= 4 is 0 Å². The molecule has 2 heteroatoms. The zero-order valence-corrected chi connectivity index (χ0v) is 6.51. The Morgan fingerprint density at radius 3 is 3.27 bits per heavy atom. The lowest BCUT2D eigenvalue weighted by Crippen LogP contribution is -3.06. The molecule has 0 aliphatic carbocycles. The van der Waals surface area contributed by atoms with Crippen molar-refractivity contribution in [1.82, 2.24) is 4.98 Å². The molecule has 1 unspecified atom stereocenters. The van der Waals surface area contributed by atoms with Crippen molar-refractivity contribution in [1.29, 1.82) is 0 Å². The number of nitrogens with one attached hydrogen (secondary N) is 1. The van der Waals surface area contributed by atoms with Crippen molar-refractivity contribution in [3.8, 4) is 0 Å². The van der Waals surface area contributed by atoms with Gasteiger partial charge in [0.25, 0.3) is 0 Å². The Labute approximate surface area is 66.9 Å². The van der Waals surface area contributed by atoms with Gasteiger partial charge in [0.1, 0.15) is 0 Å². The van der Waals surface area contributed by atoms with Crippen LogP contribution in [0.15, 0.2) is 18.5 Å². The van der Waals surface area contributed by atoms with E-state index in [1.165, 1.54) is 16.0 Å². The number of hydrogen-bond donors (Lipinski definition) is 1. The van der Waals surface area contributed by atoms with E-state index in [9.17, 15) is 0 Å². The number of rotatable bonds is 0. The Hall–Kier alpha value is -0.890. The maximum absolute atomic E-state index is 4.09. The highest BCUT2D eigenvalue weighted by Crippen LogP contribution is 2.07. The normalized spacial score (nSPS) is 22.8. The van der Waals surface area contributed by atoms with Crippen LogP contribution in [-0.2, 0) is 13.0 Å². The minimum atomic E-state index is 1.05. The minimum Gasteiger partial charge on any atom is -0.464 e. The molecule has 0 fully saturated rings. The predicted molar refractivity (Wildman–Crippen MR) is 42.8 cm³/mol. The topological polar surface area (TPSA) is 17.3 Å². The molecule has 1 aromatic rings. The van der Waals surface area contributed by atoms with Crippen LogP contribution in [-0.4, -0.2) is 11.5 Å². The summed E-state index contributed by atoms with van der Waals surface area (Å²) in [5.74, 6) is 0. The van der Waals surface area contributed by atoms with Gasteiger partial charge in [-0.05, 0) is 11.6 Å². The fraction of sp³-hybridized carbons (Fsp3) is 0.333. The van der Waals surface area contributed by atoms with Crippen LogP contribution in [0.3, 0.4) is 0 Å². The first kappa shape index (κ1) is 6.80. The fourth-order valence-electron chi connectivity index (χ4n) is 1.52. The summed E-state index contributed by atoms with van der Waals surface area (Å²) in [5, 5.41) is 0. The van der Waals surface area contributed by atoms with Crippen molar-refractivity contribution in [2.45, 2.75) is 13.0 Å². The number of hydrogen-bond acceptors (Lipinski definition) is 1. The standard InChI is InChI=1S/C9H12N2/c1-11-5-3-8-6-10-4-2-9(8)7-11/h2,4,6,11H,1,3,5,7H2. The van der Waals surface area contributed by atoms with E-state index in [0.29, 0.717) is 0 Å². The van der Waals surface area contributed by atoms with Gasteiger partial charge in [0.2, 0.25) is 0 Å². The van der Waals surface area contributed by atoms with Crippen LogP contribution < -0.4 is 4.90 Å². The van der Waals surface area contributed by atoms with E-state index in [2.05, 4.69) is 18.1 Å². The molecule has 0 amide bonds. The van der Waals surface area contributed by atoms with E-state index in [-0.39, 0.29) is 0 Å². The van der Waals surface area contributed by atoms with E-state index < -0.39 is 0 Å². The quantitative estimate of drug-likeness (QED) is 0.505. The summed E-state index contributed by atoms with van der Waals surface area (Å²) >= 11 is 0. The van der Waals surface area contributed by atoms with Crippen LogP contribution in [0, 0.1) is 7.05 Å². The predicted octanol–water partition coefficient (Wildman–Crippen LogP) is -0.186. The maximum Gasteiger partial charge on any atom is 0.0791 e. The fourth-order valence-corrected chi connectivity index (χ4v) is 1.52. The average molecular weight is 148 g/mol. The van der Waals surface area contributed by atoms with Gasteiger partial charge in [0.15, 0.2) is 0 Å². The highest BCUT2D eigenvalue weighted by Gasteiger charge is 2.11. The lowest BCUT2D eigenvalue weighted by molar-refractivity contribution is -0.870. The molecule has 1 aromatic heterocycles. The molecule has 1 atom stereocenters. The summed E-state index contributed by atoms with van der Waals surface area (Å²) in [7, 11) is 3.99. The van der Waals surface area contributed by atoms with E-state index in [4.69, 9.17) is 0 Å². The molecule has 2 nitrogen and oxygen atoms in total. The van der Waals surface area contributed by atoms with Crippen LogP contribution >= 0.6 is 0 Å². The van der Waals surface area contributed by atoms with Gasteiger partial charge >= 0.3 is 0 Å². The largest absolute Gasteiger partial charge is 0.464 e. The summed E-state index contributed by atoms with van der Waals surface area (Å²) < 4.78 is 0. The lowest BCUT2D eigenvalue weighted by atomic mass is 10.0. The summed E-state index contributed by atoms with van der Waals surface area (Å²) in [6.45, 7) is 2.19. The molecule has 0 saturated heterocycles. The van der Waals surface area contributed by atoms with E-state index in [0.717, 1.165) is 19.5 Å². The van der Waals surface area contributed by atoms with Crippen LogP contribution in [0.25, 0.3) is 0 Å². The zero-order chi connectivity index (χ0) is 7.68. The van der Waals surface area contributed by atoms with Gasteiger partial charge in [-0.15, -0.1) is 0 Å². The first-order valence-electron chi connectivity index (χ1n) is 3.94. The Kier molecular flexibility index (Phi) is 1.62. The summed E-state index contributed by atoms with van der Waals surface area (Å²) in [4.78, 5) is 5.44. The van der Waals surface area contributed by atoms with Crippen molar-refractivity contribution in [3.63, 3.8) is 0 Å². The smallest absolute Gasteiger partial charge is 0.0791 e. The van der Waals surface area contributed by atoms with Crippen LogP contribution in [0.2, 0.25) is 0 Å². The Morgan fingerprint density at radius 2 is 2.36 bits per heavy atom. The second-order valence-corrected chi connectivity index (χ2v) is 3.07. The Bertz CT molecular complexity index is 257. The SMILES string of the molecule is [CH2-][NH+]1CCc2cnccc2C1. The van der Waals surface area contributed by atoms with Gasteiger partial charge in [0, 0.05) is 24.4 Å². The number of pyridine rings is 1. The molecular weight excluding hydrogens is 136 g/mol. The molecule has 0 spiro atoms. The maximum atomic E-state index is 4.09. The summed E-state index contributed by atoms with van der Waals surface area (Å²) in [5.41, 5.74) is 2.82. The van der Waals surface area contributed by atoms with Gasteiger partial charge in [-0.25, -0.2) is 0 Å². The van der Waals surface area contributed by atoms with E-state index in [1.807, 2.05) is 12.4 Å². The molecule has 1 N–H and O–H groups in total. The second kappa shape index (κ2) is 2.62. The molecule has 1 aliphatic rings. The first-order valence-corrected chi connectivity index (χ1v) is 3.94. The van der Waals surface area contributed by atoms with Gasteiger partial charge < -0.3 is 4.90 Å². The summed E-state index contributed by atoms with van der Waals surface area (Å²) in [6, 6.07) is 2.10. The molecule has 0 aromatic carbocycles. The lowest BCUT2D eigenvalue weighted by Gasteiger charge is -2.26. The number of quaternary nitrogens is 1. The van der Waals surface area contributed by atoms with Gasteiger partial charge in [-0.3, -0.25) is 4.98 Å². The van der Waals surface area contributed by atoms with Gasteiger partial charge in [-0.2, -0.15) is 7.05 Å². The Morgan fingerprint density at radius 1 is 1.45 bits per heavy atom. The van der Waals surface area contributed by atoms with Gasteiger partial charge in [0.05, 0.1) is 13.1 Å². The van der Waals surface area contributed by atoms with Crippen molar-refractivity contribution in [3.05, 3.63) is 36.6 Å². The van der Waals surface area contributed by atoms with Crippen molar-refractivity contribution in [2.24, 2.45) is 0 Å². The summed E-state index contributed by atoms with van der Waals surface area (Å²) in [6.07, 6.45) is 4.96. The molecule has 2 heterocycles. The van der Waals surface area contributed by atoms with Crippen LogP contribution in [0.4, 0.5) is 0 Å². The molecule has 1 aliphatic heterocycles. The molecule has 0 saturated carbocycles. The minimum absolute atomic E-state index is 1.05. The monoisotopic (exact) mass is 148 g/mol. The molecular formula is C9H12N2. The average Bonchev–Trinajstić information content (AvgIpc) is 2.04. The molecule has 11 heavy (non-hydrogen) atoms. The van der Waals surface area contributed by atoms with Crippen LogP contribution in [0.5, 0.6) is 0 Å². The highest BCUT2D eigenvalue weighted by molar-refractivity contribution is 5.23. The third kappa shape index (κ3) is 1.26. The van der Waals surface area contributed by atoms with E-state index in [1.54, 1.807) is 0 Å². The molecule has 0 radical (unpaired) electrons. The highest BCUT2D eigenvalue weighted by atomic mass is 15.1. The second-order valence-electron chi connectivity index (χ2n) is 3.07. The van der Waals surface area contributed by atoms with E-state index >= 15 is 0 Å². The third-order valence-corrected chi connectivity index (χ3v) is 2.19. The van der Waals surface area contributed by atoms with Crippen molar-refractivity contribution < 1.29 is 4.90 Å². The molecule has 2 rings (SSSR count). The number of nitrogens with zero attached hydrogens (tertiary/aromatic N) is 1. The molecule has 58 valence electrons. The van der Waals surface area contributed by atoms with Gasteiger partial charge in [-0.1, -0.05) is 0 Å². The molecule has 0 bridgehead atoms. The van der Waals surface area contributed by atoms with Crippen LogP contribution in [0.1, 0.15) is 11.1 Å². The zero-order valence-electron chi connectivity index (χ0n) is 6.51. The number of aromatic nitrogens is 1. The number of fused-ring (bicyclic) bond motifs is 1.